The number of nitrogen functional groups attached to an aromatic ring is 1. The number of carbonyl (C=O) groups excluding carboxylic acids is 1. The first-order valence-corrected chi connectivity index (χ1v) is 5.67. The van der Waals surface area contributed by atoms with Gasteiger partial charge in [0.05, 0.1) is 12.3 Å². The number of carbonyl (C=O) groups is 1. The quantitative estimate of drug-likeness (QED) is 0.781. The first kappa shape index (κ1) is 12.6. The number of aryl methyl sites for hydroxylation is 1. The van der Waals surface area contributed by atoms with Crippen molar-refractivity contribution < 1.29 is 9.53 Å². The lowest BCUT2D eigenvalue weighted by molar-refractivity contribution is 0.0476. The molecule has 90 valence electrons. The number of aromatic nitrogens is 1. The molecule has 1 aromatic rings. The molecule has 0 aliphatic rings. The van der Waals surface area contributed by atoms with Crippen LogP contribution in [-0.4, -0.2) is 17.1 Å². The second-order valence-electron chi connectivity index (χ2n) is 4.26. The summed E-state index contributed by atoms with van der Waals surface area (Å²) in [7, 11) is 0. The van der Waals surface area contributed by atoms with Gasteiger partial charge in [-0.3, -0.25) is 0 Å². The normalized spacial score (nSPS) is 10.8. The third-order valence-corrected chi connectivity index (χ3v) is 2.40. The van der Waals surface area contributed by atoms with Crippen LogP contribution in [0, 0.1) is 5.92 Å². The summed E-state index contributed by atoms with van der Waals surface area (Å²) >= 11 is 0. The summed E-state index contributed by atoms with van der Waals surface area (Å²) in [5.41, 5.74) is 6.77. The fraction of sp³-hybridized carbons (Fsp3) is 0.583. The molecule has 0 bridgehead atoms. The molecule has 0 saturated carbocycles. The molecule has 4 nitrogen and oxygen atoms in total. The molecule has 0 radical (unpaired) electrons. The first-order chi connectivity index (χ1) is 7.54. The van der Waals surface area contributed by atoms with E-state index >= 15 is 0 Å². The standard InChI is InChI=1S/C12H20N2O2/c1-4-14-8-10(13)7-11(14)12(15)16-6-5-9(2)3/h7-9H,4-6,13H2,1-3H3. The van der Waals surface area contributed by atoms with Crippen LogP contribution in [0.4, 0.5) is 5.69 Å². The lowest BCUT2D eigenvalue weighted by Crippen LogP contribution is -2.12. The van der Waals surface area contributed by atoms with Crippen molar-refractivity contribution in [3.63, 3.8) is 0 Å². The molecule has 16 heavy (non-hydrogen) atoms. The molecule has 2 N–H and O–H groups in total. The van der Waals surface area contributed by atoms with Crippen LogP contribution in [-0.2, 0) is 11.3 Å². The maximum absolute atomic E-state index is 11.7. The largest absolute Gasteiger partial charge is 0.461 e. The molecule has 0 atom stereocenters. The summed E-state index contributed by atoms with van der Waals surface area (Å²) in [4.78, 5) is 11.7. The van der Waals surface area contributed by atoms with E-state index in [2.05, 4.69) is 13.8 Å². The molecular formula is C12H20N2O2. The number of ether oxygens (including phenoxy) is 1. The van der Waals surface area contributed by atoms with Crippen LogP contribution in [0.15, 0.2) is 12.3 Å². The summed E-state index contributed by atoms with van der Waals surface area (Å²) < 4.78 is 6.98. The van der Waals surface area contributed by atoms with Crippen molar-refractivity contribution in [2.45, 2.75) is 33.7 Å². The van der Waals surface area contributed by atoms with Crippen LogP contribution >= 0.6 is 0 Å². The van der Waals surface area contributed by atoms with Gasteiger partial charge in [-0.05, 0) is 25.3 Å². The Morgan fingerprint density at radius 3 is 2.81 bits per heavy atom. The van der Waals surface area contributed by atoms with Gasteiger partial charge in [0.25, 0.3) is 0 Å². The van der Waals surface area contributed by atoms with Crippen LogP contribution in [0.5, 0.6) is 0 Å². The Morgan fingerprint density at radius 1 is 1.56 bits per heavy atom. The van der Waals surface area contributed by atoms with Crippen molar-refractivity contribution >= 4 is 11.7 Å². The van der Waals surface area contributed by atoms with Crippen LogP contribution < -0.4 is 5.73 Å². The maximum Gasteiger partial charge on any atom is 0.355 e. The van der Waals surface area contributed by atoms with Crippen LogP contribution in [0.25, 0.3) is 0 Å². The minimum Gasteiger partial charge on any atom is -0.461 e. The third-order valence-electron chi connectivity index (χ3n) is 2.40. The highest BCUT2D eigenvalue weighted by Crippen LogP contribution is 2.12. The summed E-state index contributed by atoms with van der Waals surface area (Å²) in [5.74, 6) is 0.245. The molecule has 0 unspecified atom stereocenters. The number of rotatable bonds is 5. The van der Waals surface area contributed by atoms with Crippen LogP contribution in [0.3, 0.4) is 0 Å². The Morgan fingerprint density at radius 2 is 2.25 bits per heavy atom. The number of nitrogens with two attached hydrogens (primary N) is 1. The molecule has 0 saturated heterocycles. The zero-order valence-corrected chi connectivity index (χ0v) is 10.2. The minimum atomic E-state index is -0.292. The molecule has 1 heterocycles. The molecule has 0 spiro atoms. The average molecular weight is 224 g/mol. The molecule has 1 rings (SSSR count). The van der Waals surface area contributed by atoms with E-state index in [-0.39, 0.29) is 5.97 Å². The average Bonchev–Trinajstić information content (AvgIpc) is 2.59. The second-order valence-corrected chi connectivity index (χ2v) is 4.26. The summed E-state index contributed by atoms with van der Waals surface area (Å²) in [6.07, 6.45) is 2.63. The predicted octanol–water partition coefficient (Wildman–Crippen LogP) is 2.29. The molecule has 0 aromatic carbocycles. The molecule has 0 fully saturated rings. The lowest BCUT2D eigenvalue weighted by Gasteiger charge is -2.08. The highest BCUT2D eigenvalue weighted by atomic mass is 16.5. The smallest absolute Gasteiger partial charge is 0.355 e. The van der Waals surface area contributed by atoms with E-state index in [9.17, 15) is 4.79 Å². The first-order valence-electron chi connectivity index (χ1n) is 5.67. The Bertz CT molecular complexity index is 356. The van der Waals surface area contributed by atoms with Gasteiger partial charge in [-0.25, -0.2) is 4.79 Å². The van der Waals surface area contributed by atoms with Gasteiger partial charge in [-0.2, -0.15) is 0 Å². The molecule has 0 aliphatic heterocycles. The summed E-state index contributed by atoms with van der Waals surface area (Å²) in [6, 6.07) is 1.65. The second kappa shape index (κ2) is 5.58. The number of nitrogens with zero attached hydrogens (tertiary/aromatic N) is 1. The Hall–Kier alpha value is -1.45. The zero-order valence-electron chi connectivity index (χ0n) is 10.2. The van der Waals surface area contributed by atoms with Gasteiger partial charge >= 0.3 is 5.97 Å². The Labute approximate surface area is 96.4 Å². The fourth-order valence-electron chi connectivity index (χ4n) is 1.43. The summed E-state index contributed by atoms with van der Waals surface area (Å²) in [5, 5.41) is 0. The van der Waals surface area contributed by atoms with E-state index in [0.29, 0.717) is 30.5 Å². The molecular weight excluding hydrogens is 204 g/mol. The number of esters is 1. The van der Waals surface area contributed by atoms with E-state index in [1.807, 2.05) is 6.92 Å². The highest BCUT2D eigenvalue weighted by Gasteiger charge is 2.13. The molecule has 0 amide bonds. The Kier molecular flexibility index (Phi) is 4.40. The van der Waals surface area contributed by atoms with Crippen LogP contribution in [0.1, 0.15) is 37.7 Å². The molecule has 0 aliphatic carbocycles. The van der Waals surface area contributed by atoms with E-state index < -0.39 is 0 Å². The predicted molar refractivity (Wildman–Crippen MR) is 64.3 cm³/mol. The van der Waals surface area contributed by atoms with Crippen molar-refractivity contribution in [2.75, 3.05) is 12.3 Å². The van der Waals surface area contributed by atoms with Gasteiger partial charge in [0, 0.05) is 12.7 Å². The number of hydrogen-bond donors (Lipinski definition) is 1. The van der Waals surface area contributed by atoms with Crippen molar-refractivity contribution in [3.8, 4) is 0 Å². The van der Waals surface area contributed by atoms with Crippen molar-refractivity contribution in [1.82, 2.24) is 4.57 Å². The highest BCUT2D eigenvalue weighted by molar-refractivity contribution is 5.89. The maximum atomic E-state index is 11.7. The van der Waals surface area contributed by atoms with Crippen molar-refractivity contribution in [2.24, 2.45) is 5.92 Å². The van der Waals surface area contributed by atoms with E-state index in [0.717, 1.165) is 6.42 Å². The SMILES string of the molecule is CCn1cc(N)cc1C(=O)OCCC(C)C. The molecule has 1 aromatic heterocycles. The van der Waals surface area contributed by atoms with Gasteiger partial charge in [0.1, 0.15) is 5.69 Å². The lowest BCUT2D eigenvalue weighted by atomic mass is 10.1. The van der Waals surface area contributed by atoms with Gasteiger partial charge in [-0.15, -0.1) is 0 Å². The molecule has 4 heteroatoms. The van der Waals surface area contributed by atoms with Gasteiger partial charge in [-0.1, -0.05) is 13.8 Å². The van der Waals surface area contributed by atoms with E-state index in [4.69, 9.17) is 10.5 Å². The fourth-order valence-corrected chi connectivity index (χ4v) is 1.43. The van der Waals surface area contributed by atoms with Crippen molar-refractivity contribution in [3.05, 3.63) is 18.0 Å². The number of anilines is 1. The number of hydrogen-bond acceptors (Lipinski definition) is 3. The van der Waals surface area contributed by atoms with Gasteiger partial charge in [0.2, 0.25) is 0 Å². The Balaban J connectivity index is 2.58. The van der Waals surface area contributed by atoms with Crippen molar-refractivity contribution in [1.29, 1.82) is 0 Å². The van der Waals surface area contributed by atoms with Gasteiger partial charge in [0.15, 0.2) is 0 Å². The van der Waals surface area contributed by atoms with E-state index in [1.165, 1.54) is 0 Å². The van der Waals surface area contributed by atoms with Crippen LogP contribution in [0.2, 0.25) is 0 Å². The topological polar surface area (TPSA) is 57.2 Å². The third kappa shape index (κ3) is 3.29. The van der Waals surface area contributed by atoms with E-state index in [1.54, 1.807) is 16.8 Å². The minimum absolute atomic E-state index is 0.292. The van der Waals surface area contributed by atoms with Gasteiger partial charge < -0.3 is 15.0 Å². The monoisotopic (exact) mass is 224 g/mol. The summed E-state index contributed by atoms with van der Waals surface area (Å²) in [6.45, 7) is 7.34. The zero-order chi connectivity index (χ0) is 12.1.